The standard InChI is InChI=1S/C20H25NO4/c1-2-15-3-5-16(6-4-15)18(22)21-11-7-17(8-12-21)20(19(23)24)9-13-25-14-10-20/h3-7H,2,8-14H2,1H3,(H,23,24). The van der Waals surface area contributed by atoms with Crippen molar-refractivity contribution in [2.24, 2.45) is 5.41 Å². The Morgan fingerprint density at radius 2 is 1.88 bits per heavy atom. The minimum Gasteiger partial charge on any atom is -0.481 e. The summed E-state index contributed by atoms with van der Waals surface area (Å²) < 4.78 is 5.35. The summed E-state index contributed by atoms with van der Waals surface area (Å²) in [4.78, 5) is 26.3. The van der Waals surface area contributed by atoms with Gasteiger partial charge in [-0.25, -0.2) is 0 Å². The first kappa shape index (κ1) is 17.7. The number of amides is 1. The molecule has 0 unspecified atom stereocenters. The molecular weight excluding hydrogens is 318 g/mol. The quantitative estimate of drug-likeness (QED) is 0.854. The van der Waals surface area contributed by atoms with E-state index in [0.29, 0.717) is 51.1 Å². The van der Waals surface area contributed by atoms with Gasteiger partial charge in [-0.2, -0.15) is 0 Å². The van der Waals surface area contributed by atoms with E-state index in [4.69, 9.17) is 4.74 Å². The zero-order chi connectivity index (χ0) is 17.9. The lowest BCUT2D eigenvalue weighted by atomic mass is 9.71. The number of carbonyl (C=O) groups is 2. The molecule has 2 heterocycles. The third-order valence-electron chi connectivity index (χ3n) is 5.48. The molecule has 0 aliphatic carbocycles. The molecule has 1 amide bonds. The van der Waals surface area contributed by atoms with Crippen LogP contribution in [0.4, 0.5) is 0 Å². The van der Waals surface area contributed by atoms with Crippen molar-refractivity contribution < 1.29 is 19.4 Å². The van der Waals surface area contributed by atoms with E-state index < -0.39 is 11.4 Å². The van der Waals surface area contributed by atoms with E-state index in [1.807, 2.05) is 30.3 Å². The summed E-state index contributed by atoms with van der Waals surface area (Å²) >= 11 is 0. The minimum atomic E-state index is -0.809. The molecule has 5 heteroatoms. The highest BCUT2D eigenvalue weighted by Crippen LogP contribution is 2.41. The van der Waals surface area contributed by atoms with Crippen LogP contribution in [0.15, 0.2) is 35.9 Å². The van der Waals surface area contributed by atoms with Gasteiger partial charge in [0.15, 0.2) is 0 Å². The predicted molar refractivity (Wildman–Crippen MR) is 94.5 cm³/mol. The van der Waals surface area contributed by atoms with Gasteiger partial charge in [-0.3, -0.25) is 9.59 Å². The van der Waals surface area contributed by atoms with Crippen LogP contribution in [0.25, 0.3) is 0 Å². The van der Waals surface area contributed by atoms with Crippen molar-refractivity contribution >= 4 is 11.9 Å². The SMILES string of the molecule is CCc1ccc(C(=O)N2CC=C(C3(C(=O)O)CCOCC3)CC2)cc1. The Labute approximate surface area is 148 Å². The number of nitrogens with zero attached hydrogens (tertiary/aromatic N) is 1. The van der Waals surface area contributed by atoms with Gasteiger partial charge >= 0.3 is 5.97 Å². The highest BCUT2D eigenvalue weighted by molar-refractivity contribution is 5.94. The van der Waals surface area contributed by atoms with E-state index in [1.54, 1.807) is 4.90 Å². The first-order valence-electron chi connectivity index (χ1n) is 8.95. The molecule has 0 spiro atoms. The van der Waals surface area contributed by atoms with Gasteiger partial charge in [0.05, 0.1) is 5.41 Å². The second kappa shape index (κ2) is 7.40. The molecule has 3 rings (SSSR count). The molecule has 0 saturated carbocycles. The summed E-state index contributed by atoms with van der Waals surface area (Å²) in [7, 11) is 0. The van der Waals surface area contributed by atoms with Crippen LogP contribution in [-0.2, 0) is 16.0 Å². The number of rotatable bonds is 4. The fraction of sp³-hybridized carbons (Fsp3) is 0.500. The molecule has 5 nitrogen and oxygen atoms in total. The summed E-state index contributed by atoms with van der Waals surface area (Å²) in [6, 6.07) is 7.72. The van der Waals surface area contributed by atoms with Crippen molar-refractivity contribution in [1.82, 2.24) is 4.90 Å². The molecule has 2 aliphatic heterocycles. The number of hydrogen-bond donors (Lipinski definition) is 1. The lowest BCUT2D eigenvalue weighted by Gasteiger charge is -2.38. The summed E-state index contributed by atoms with van der Waals surface area (Å²) in [5, 5.41) is 9.77. The van der Waals surface area contributed by atoms with Crippen molar-refractivity contribution in [3.05, 3.63) is 47.0 Å². The molecule has 25 heavy (non-hydrogen) atoms. The van der Waals surface area contributed by atoms with Gasteiger partial charge in [-0.05, 0) is 43.4 Å². The number of carboxylic acid groups (broad SMARTS) is 1. The lowest BCUT2D eigenvalue weighted by molar-refractivity contribution is -0.151. The molecule has 1 fully saturated rings. The summed E-state index contributed by atoms with van der Waals surface area (Å²) in [5.74, 6) is -0.758. The number of aryl methyl sites for hydroxylation is 1. The third-order valence-corrected chi connectivity index (χ3v) is 5.48. The monoisotopic (exact) mass is 343 g/mol. The number of hydrogen-bond acceptors (Lipinski definition) is 3. The second-order valence-electron chi connectivity index (χ2n) is 6.78. The molecule has 134 valence electrons. The molecule has 0 atom stereocenters. The number of ether oxygens (including phenoxy) is 1. The average molecular weight is 343 g/mol. The summed E-state index contributed by atoms with van der Waals surface area (Å²) in [5.41, 5.74) is 2.04. The Morgan fingerprint density at radius 1 is 1.20 bits per heavy atom. The molecule has 0 bridgehead atoms. The van der Waals surface area contributed by atoms with Crippen molar-refractivity contribution in [3.8, 4) is 0 Å². The summed E-state index contributed by atoms with van der Waals surface area (Å²) in [6.07, 6.45) is 4.54. The number of carbonyl (C=O) groups excluding carboxylic acids is 1. The van der Waals surface area contributed by atoms with Gasteiger partial charge in [-0.15, -0.1) is 0 Å². The first-order valence-corrected chi connectivity index (χ1v) is 8.95. The Hall–Kier alpha value is -2.14. The molecule has 1 saturated heterocycles. The second-order valence-corrected chi connectivity index (χ2v) is 6.78. The smallest absolute Gasteiger partial charge is 0.313 e. The van der Waals surface area contributed by atoms with Crippen LogP contribution in [0.2, 0.25) is 0 Å². The first-order chi connectivity index (χ1) is 12.1. The van der Waals surface area contributed by atoms with Gasteiger partial charge in [0.2, 0.25) is 0 Å². The Balaban J connectivity index is 1.72. The Morgan fingerprint density at radius 3 is 2.40 bits per heavy atom. The van der Waals surface area contributed by atoms with E-state index >= 15 is 0 Å². The number of carboxylic acids is 1. The minimum absolute atomic E-state index is 0.00862. The van der Waals surface area contributed by atoms with Crippen LogP contribution in [-0.4, -0.2) is 48.2 Å². The maximum absolute atomic E-state index is 12.7. The van der Waals surface area contributed by atoms with Crippen molar-refractivity contribution in [2.75, 3.05) is 26.3 Å². The molecule has 0 radical (unpaired) electrons. The van der Waals surface area contributed by atoms with Gasteiger partial charge in [0.25, 0.3) is 5.91 Å². The maximum Gasteiger partial charge on any atom is 0.313 e. The highest BCUT2D eigenvalue weighted by Gasteiger charge is 2.44. The van der Waals surface area contributed by atoms with Gasteiger partial charge in [0, 0.05) is 31.9 Å². The lowest BCUT2D eigenvalue weighted by Crippen LogP contribution is -2.43. The van der Waals surface area contributed by atoms with E-state index in [9.17, 15) is 14.7 Å². The molecule has 1 N–H and O–H groups in total. The van der Waals surface area contributed by atoms with Crippen LogP contribution in [0.1, 0.15) is 42.1 Å². The molecule has 2 aliphatic rings. The Bertz CT molecular complexity index is 671. The number of benzene rings is 1. The third kappa shape index (κ3) is 3.47. The maximum atomic E-state index is 12.7. The van der Waals surface area contributed by atoms with Gasteiger partial charge in [-0.1, -0.05) is 30.7 Å². The van der Waals surface area contributed by atoms with Gasteiger partial charge < -0.3 is 14.7 Å². The van der Waals surface area contributed by atoms with Crippen LogP contribution >= 0.6 is 0 Å². The van der Waals surface area contributed by atoms with E-state index in [2.05, 4.69) is 6.92 Å². The zero-order valence-electron chi connectivity index (χ0n) is 14.7. The normalized spacial score (nSPS) is 20.0. The van der Waals surface area contributed by atoms with Gasteiger partial charge in [0.1, 0.15) is 0 Å². The molecule has 1 aromatic rings. The van der Waals surface area contributed by atoms with E-state index in [-0.39, 0.29) is 5.91 Å². The van der Waals surface area contributed by atoms with Crippen LogP contribution in [0.5, 0.6) is 0 Å². The predicted octanol–water partition coefficient (Wildman–Crippen LogP) is 2.90. The summed E-state index contributed by atoms with van der Waals surface area (Å²) in [6.45, 7) is 4.09. The fourth-order valence-corrected chi connectivity index (χ4v) is 3.75. The Kier molecular flexibility index (Phi) is 5.23. The van der Waals surface area contributed by atoms with Crippen LogP contribution in [0.3, 0.4) is 0 Å². The van der Waals surface area contributed by atoms with Crippen LogP contribution < -0.4 is 0 Å². The van der Waals surface area contributed by atoms with Crippen molar-refractivity contribution in [3.63, 3.8) is 0 Å². The topological polar surface area (TPSA) is 66.8 Å². The average Bonchev–Trinajstić information content (AvgIpc) is 2.68. The largest absolute Gasteiger partial charge is 0.481 e. The molecule has 1 aromatic carbocycles. The highest BCUT2D eigenvalue weighted by atomic mass is 16.5. The number of aliphatic carboxylic acids is 1. The van der Waals surface area contributed by atoms with Crippen LogP contribution in [0, 0.1) is 5.41 Å². The molecule has 0 aromatic heterocycles. The van der Waals surface area contributed by atoms with Crippen molar-refractivity contribution in [1.29, 1.82) is 0 Å². The zero-order valence-corrected chi connectivity index (χ0v) is 14.7. The van der Waals surface area contributed by atoms with E-state index in [0.717, 1.165) is 12.0 Å². The molecular formula is C20H25NO4. The van der Waals surface area contributed by atoms with Crippen molar-refractivity contribution in [2.45, 2.75) is 32.6 Å². The fourth-order valence-electron chi connectivity index (χ4n) is 3.75. The van der Waals surface area contributed by atoms with E-state index in [1.165, 1.54) is 5.56 Å².